The Morgan fingerprint density at radius 3 is 2.34 bits per heavy atom. The van der Waals surface area contributed by atoms with Gasteiger partial charge in [0.1, 0.15) is 12.4 Å². The van der Waals surface area contributed by atoms with E-state index in [2.05, 4.69) is 26.1 Å². The molecule has 0 spiro atoms. The first-order valence-electron chi connectivity index (χ1n) is 10.3. The van der Waals surface area contributed by atoms with E-state index in [0.29, 0.717) is 25.3 Å². The molecule has 2 aromatic carbocycles. The van der Waals surface area contributed by atoms with Gasteiger partial charge in [0.05, 0.1) is 28.5 Å². The minimum Gasteiger partial charge on any atom is -0.492 e. The summed E-state index contributed by atoms with van der Waals surface area (Å²) >= 11 is 12.2. The van der Waals surface area contributed by atoms with Crippen molar-refractivity contribution >= 4 is 44.8 Å². The smallest absolute Gasteiger partial charge is 0.232 e. The topological polar surface area (TPSA) is 75.7 Å². The van der Waals surface area contributed by atoms with Crippen molar-refractivity contribution < 1.29 is 17.9 Å². The third kappa shape index (κ3) is 7.87. The Morgan fingerprint density at radius 1 is 1.09 bits per heavy atom. The van der Waals surface area contributed by atoms with Crippen LogP contribution >= 0.6 is 23.2 Å². The molecule has 32 heavy (non-hydrogen) atoms. The van der Waals surface area contributed by atoms with E-state index in [0.717, 1.165) is 12.0 Å². The van der Waals surface area contributed by atoms with Crippen LogP contribution in [0.25, 0.3) is 0 Å². The molecule has 0 aromatic heterocycles. The molecule has 2 rings (SSSR count). The van der Waals surface area contributed by atoms with Crippen LogP contribution in [0.4, 0.5) is 5.69 Å². The number of hydrogen-bond acceptors (Lipinski definition) is 4. The summed E-state index contributed by atoms with van der Waals surface area (Å²) in [5.74, 6) is 0.566. The van der Waals surface area contributed by atoms with E-state index in [9.17, 15) is 13.2 Å². The summed E-state index contributed by atoms with van der Waals surface area (Å²) in [6.07, 6.45) is 1.59. The molecule has 6 nitrogen and oxygen atoms in total. The van der Waals surface area contributed by atoms with Crippen LogP contribution in [0.2, 0.25) is 10.0 Å². The average Bonchev–Trinajstić information content (AvgIpc) is 2.70. The summed E-state index contributed by atoms with van der Waals surface area (Å²) in [7, 11) is -3.58. The third-order valence-corrected chi connectivity index (χ3v) is 6.77. The van der Waals surface area contributed by atoms with E-state index in [4.69, 9.17) is 27.9 Å². The Kier molecular flexibility index (Phi) is 9.25. The molecule has 0 saturated heterocycles. The molecule has 0 heterocycles. The highest BCUT2D eigenvalue weighted by Crippen LogP contribution is 2.33. The van der Waals surface area contributed by atoms with Gasteiger partial charge in [-0.1, -0.05) is 62.2 Å². The number of carbonyl (C=O) groups excluding carboxylic acids is 1. The molecule has 0 bridgehead atoms. The van der Waals surface area contributed by atoms with Crippen LogP contribution in [0, 0.1) is 0 Å². The number of halogens is 2. The van der Waals surface area contributed by atoms with Gasteiger partial charge < -0.3 is 10.1 Å². The van der Waals surface area contributed by atoms with Gasteiger partial charge in [-0.15, -0.1) is 0 Å². The molecule has 0 aliphatic carbocycles. The number of rotatable bonds is 10. The summed E-state index contributed by atoms with van der Waals surface area (Å²) in [5, 5.41) is 3.21. The third-order valence-electron chi connectivity index (χ3n) is 4.78. The number of amides is 1. The van der Waals surface area contributed by atoms with Gasteiger partial charge in [0, 0.05) is 13.0 Å². The Labute approximate surface area is 200 Å². The molecular formula is C23H30Cl2N2O4S. The van der Waals surface area contributed by atoms with Crippen LogP contribution in [0.5, 0.6) is 5.75 Å². The van der Waals surface area contributed by atoms with Gasteiger partial charge in [-0.3, -0.25) is 9.10 Å². The van der Waals surface area contributed by atoms with Crippen molar-refractivity contribution in [2.75, 3.05) is 30.3 Å². The van der Waals surface area contributed by atoms with Crippen LogP contribution in [0.3, 0.4) is 0 Å². The number of nitrogens with zero attached hydrogens (tertiary/aromatic N) is 1. The molecule has 0 aliphatic rings. The lowest BCUT2D eigenvalue weighted by molar-refractivity contribution is -0.121. The Hall–Kier alpha value is -1.96. The number of hydrogen-bond donors (Lipinski definition) is 1. The maximum atomic E-state index is 12.2. The zero-order valence-corrected chi connectivity index (χ0v) is 21.1. The zero-order chi connectivity index (χ0) is 23.9. The predicted molar refractivity (Wildman–Crippen MR) is 132 cm³/mol. The van der Waals surface area contributed by atoms with Crippen LogP contribution in [-0.2, 0) is 20.2 Å². The summed E-state index contributed by atoms with van der Waals surface area (Å²) in [6, 6.07) is 12.7. The largest absolute Gasteiger partial charge is 0.492 e. The van der Waals surface area contributed by atoms with Gasteiger partial charge in [0.15, 0.2) is 0 Å². The quantitative estimate of drug-likeness (QED) is 0.464. The van der Waals surface area contributed by atoms with E-state index in [1.165, 1.54) is 9.87 Å². The second-order valence-corrected chi connectivity index (χ2v) is 11.2. The Morgan fingerprint density at radius 2 is 1.75 bits per heavy atom. The fraction of sp³-hybridized carbons (Fsp3) is 0.435. The Bertz CT molecular complexity index is 1020. The first-order valence-corrected chi connectivity index (χ1v) is 12.9. The van der Waals surface area contributed by atoms with Gasteiger partial charge in [0.2, 0.25) is 15.9 Å². The molecule has 9 heteroatoms. The lowest BCUT2D eigenvalue weighted by Crippen LogP contribution is -2.33. The normalized spacial score (nSPS) is 11.8. The van der Waals surface area contributed by atoms with Crippen LogP contribution in [0.15, 0.2) is 42.5 Å². The van der Waals surface area contributed by atoms with Gasteiger partial charge in [-0.25, -0.2) is 8.42 Å². The molecule has 2 aromatic rings. The standard InChI is InChI=1S/C23H30Cl2N2O4S/c1-23(2,3)17-10-12-18(13-11-17)31-16-14-26-21(28)9-6-15-27(32(4,29)30)20-8-5-7-19(24)22(20)25/h5,7-8,10-13H,6,9,14-16H2,1-4H3,(H,26,28). The highest BCUT2D eigenvalue weighted by molar-refractivity contribution is 7.92. The van der Waals surface area contributed by atoms with Crippen molar-refractivity contribution in [2.45, 2.75) is 39.0 Å². The van der Waals surface area contributed by atoms with Crippen LogP contribution < -0.4 is 14.4 Å². The summed E-state index contributed by atoms with van der Waals surface area (Å²) in [5.41, 5.74) is 1.60. The van der Waals surface area contributed by atoms with E-state index in [1.807, 2.05) is 24.3 Å². The second kappa shape index (κ2) is 11.3. The van der Waals surface area contributed by atoms with Crippen molar-refractivity contribution in [2.24, 2.45) is 0 Å². The van der Waals surface area contributed by atoms with E-state index in [-0.39, 0.29) is 34.3 Å². The molecule has 0 fully saturated rings. The molecule has 1 N–H and O–H groups in total. The van der Waals surface area contributed by atoms with Gasteiger partial charge in [-0.2, -0.15) is 0 Å². The molecule has 1 amide bonds. The monoisotopic (exact) mass is 500 g/mol. The van der Waals surface area contributed by atoms with Crippen LogP contribution in [0.1, 0.15) is 39.2 Å². The SMILES string of the molecule is CC(C)(C)c1ccc(OCCNC(=O)CCCN(c2cccc(Cl)c2Cl)S(C)(=O)=O)cc1. The van der Waals surface area contributed by atoms with Crippen molar-refractivity contribution in [3.63, 3.8) is 0 Å². The molecule has 0 atom stereocenters. The number of sulfonamides is 1. The number of ether oxygens (including phenoxy) is 1. The highest BCUT2D eigenvalue weighted by atomic mass is 35.5. The summed E-state index contributed by atoms with van der Waals surface area (Å²) in [6.45, 7) is 7.26. The van der Waals surface area contributed by atoms with Crippen molar-refractivity contribution in [3.8, 4) is 5.75 Å². The lowest BCUT2D eigenvalue weighted by atomic mass is 9.87. The fourth-order valence-corrected chi connectivity index (χ4v) is 4.45. The maximum Gasteiger partial charge on any atom is 0.232 e. The summed E-state index contributed by atoms with van der Waals surface area (Å²) < 4.78 is 31.2. The first-order chi connectivity index (χ1) is 14.9. The zero-order valence-electron chi connectivity index (χ0n) is 18.8. The van der Waals surface area contributed by atoms with Crippen LogP contribution in [-0.4, -0.2) is 40.3 Å². The number of nitrogens with one attached hydrogen (secondary N) is 1. The maximum absolute atomic E-state index is 12.2. The van der Waals surface area contributed by atoms with E-state index in [1.54, 1.807) is 18.2 Å². The number of anilines is 1. The van der Waals surface area contributed by atoms with Gasteiger partial charge >= 0.3 is 0 Å². The fourth-order valence-electron chi connectivity index (χ4n) is 3.03. The van der Waals surface area contributed by atoms with Crippen molar-refractivity contribution in [1.82, 2.24) is 5.32 Å². The molecule has 176 valence electrons. The van der Waals surface area contributed by atoms with E-state index < -0.39 is 10.0 Å². The predicted octanol–water partition coefficient (Wildman–Crippen LogP) is 5.03. The molecule has 0 unspecified atom stereocenters. The summed E-state index contributed by atoms with van der Waals surface area (Å²) in [4.78, 5) is 12.1. The second-order valence-electron chi connectivity index (χ2n) is 8.48. The van der Waals surface area contributed by atoms with Gasteiger partial charge in [-0.05, 0) is 41.7 Å². The molecule has 0 aliphatic heterocycles. The van der Waals surface area contributed by atoms with Crippen molar-refractivity contribution in [1.29, 1.82) is 0 Å². The average molecular weight is 501 g/mol. The molecule has 0 saturated carbocycles. The van der Waals surface area contributed by atoms with E-state index >= 15 is 0 Å². The molecule has 0 radical (unpaired) electrons. The first kappa shape index (κ1) is 26.3. The lowest BCUT2D eigenvalue weighted by Gasteiger charge is -2.23. The molecular weight excluding hydrogens is 471 g/mol. The minimum absolute atomic E-state index is 0.0807. The minimum atomic E-state index is -3.58. The number of benzene rings is 2. The van der Waals surface area contributed by atoms with Crippen molar-refractivity contribution in [3.05, 3.63) is 58.1 Å². The Balaban J connectivity index is 1.78. The number of carbonyl (C=O) groups is 1. The van der Waals surface area contributed by atoms with Gasteiger partial charge in [0.25, 0.3) is 0 Å². The highest BCUT2D eigenvalue weighted by Gasteiger charge is 2.21.